The highest BCUT2D eigenvalue weighted by molar-refractivity contribution is 5.57. The van der Waals surface area contributed by atoms with Gasteiger partial charge in [0.05, 0.1) is 6.54 Å². The summed E-state index contributed by atoms with van der Waals surface area (Å²) in [7, 11) is 1.82. The number of nitrogen functional groups attached to an aromatic ring is 1. The van der Waals surface area contributed by atoms with Crippen LogP contribution in [0.4, 0.5) is 11.6 Å². The SMILES string of the molecule is C#CCN(C)c1nccnc1N. The number of anilines is 2. The molecule has 12 heavy (non-hydrogen) atoms. The molecule has 0 saturated carbocycles. The molecule has 1 rings (SSSR count). The van der Waals surface area contributed by atoms with Crippen LogP contribution in [0.2, 0.25) is 0 Å². The molecular formula is C8H10N4. The van der Waals surface area contributed by atoms with Gasteiger partial charge in [-0.2, -0.15) is 0 Å². The van der Waals surface area contributed by atoms with Crippen LogP contribution in [-0.2, 0) is 0 Å². The van der Waals surface area contributed by atoms with Gasteiger partial charge in [0.25, 0.3) is 0 Å². The van der Waals surface area contributed by atoms with Crippen LogP contribution in [-0.4, -0.2) is 23.6 Å². The Morgan fingerprint density at radius 1 is 1.58 bits per heavy atom. The molecular weight excluding hydrogens is 152 g/mol. The molecule has 1 aromatic heterocycles. The van der Waals surface area contributed by atoms with Crippen molar-refractivity contribution < 1.29 is 0 Å². The van der Waals surface area contributed by atoms with Gasteiger partial charge < -0.3 is 10.6 Å². The summed E-state index contributed by atoms with van der Waals surface area (Å²) in [5.41, 5.74) is 5.57. The van der Waals surface area contributed by atoms with Crippen LogP contribution < -0.4 is 10.6 Å². The number of terminal acetylenes is 1. The first-order valence-corrected chi connectivity index (χ1v) is 3.46. The van der Waals surface area contributed by atoms with Gasteiger partial charge in [0.15, 0.2) is 11.6 Å². The Hall–Kier alpha value is -1.76. The molecule has 0 spiro atoms. The third kappa shape index (κ3) is 1.64. The van der Waals surface area contributed by atoms with E-state index in [-0.39, 0.29) is 0 Å². The van der Waals surface area contributed by atoms with Gasteiger partial charge >= 0.3 is 0 Å². The summed E-state index contributed by atoms with van der Waals surface area (Å²) in [6.45, 7) is 0.475. The number of nitrogens with two attached hydrogens (primary N) is 1. The van der Waals surface area contributed by atoms with Crippen molar-refractivity contribution in [3.05, 3.63) is 12.4 Å². The zero-order valence-electron chi connectivity index (χ0n) is 6.86. The van der Waals surface area contributed by atoms with Crippen LogP contribution in [0.3, 0.4) is 0 Å². The van der Waals surface area contributed by atoms with Crippen LogP contribution >= 0.6 is 0 Å². The second kappa shape index (κ2) is 3.58. The van der Waals surface area contributed by atoms with Gasteiger partial charge in [0, 0.05) is 19.4 Å². The van der Waals surface area contributed by atoms with E-state index in [1.807, 2.05) is 7.05 Å². The molecule has 0 aliphatic carbocycles. The molecule has 62 valence electrons. The Morgan fingerprint density at radius 2 is 2.25 bits per heavy atom. The summed E-state index contributed by atoms with van der Waals surface area (Å²) >= 11 is 0. The van der Waals surface area contributed by atoms with Crippen LogP contribution in [0.1, 0.15) is 0 Å². The van der Waals surface area contributed by atoms with Gasteiger partial charge in [-0.25, -0.2) is 9.97 Å². The van der Waals surface area contributed by atoms with Gasteiger partial charge in [-0.15, -0.1) is 6.42 Å². The molecule has 4 heteroatoms. The third-order valence-corrected chi connectivity index (χ3v) is 1.40. The molecule has 0 bridgehead atoms. The molecule has 0 aliphatic heterocycles. The highest BCUT2D eigenvalue weighted by Crippen LogP contribution is 2.13. The molecule has 0 unspecified atom stereocenters. The summed E-state index contributed by atoms with van der Waals surface area (Å²) in [4.78, 5) is 9.69. The minimum Gasteiger partial charge on any atom is -0.381 e. The molecule has 0 radical (unpaired) electrons. The van der Waals surface area contributed by atoms with E-state index in [9.17, 15) is 0 Å². The Bertz CT molecular complexity index is 302. The summed E-state index contributed by atoms with van der Waals surface area (Å²) in [5, 5.41) is 0. The monoisotopic (exact) mass is 162 g/mol. The van der Waals surface area contributed by atoms with Gasteiger partial charge in [-0.3, -0.25) is 0 Å². The highest BCUT2D eigenvalue weighted by atomic mass is 15.2. The van der Waals surface area contributed by atoms with Crippen molar-refractivity contribution in [2.45, 2.75) is 0 Å². The average molecular weight is 162 g/mol. The van der Waals surface area contributed by atoms with Crippen molar-refractivity contribution in [2.75, 3.05) is 24.2 Å². The molecule has 0 saturated heterocycles. The third-order valence-electron chi connectivity index (χ3n) is 1.40. The number of aromatic nitrogens is 2. The zero-order chi connectivity index (χ0) is 8.97. The van der Waals surface area contributed by atoms with E-state index in [0.29, 0.717) is 18.2 Å². The van der Waals surface area contributed by atoms with Crippen LogP contribution in [0.15, 0.2) is 12.4 Å². The topological polar surface area (TPSA) is 55.0 Å². The fourth-order valence-corrected chi connectivity index (χ4v) is 0.847. The van der Waals surface area contributed by atoms with E-state index < -0.39 is 0 Å². The molecule has 2 N–H and O–H groups in total. The van der Waals surface area contributed by atoms with Crippen LogP contribution in [0, 0.1) is 12.3 Å². The molecule has 0 aliphatic rings. The van der Waals surface area contributed by atoms with Gasteiger partial charge in [0.1, 0.15) is 0 Å². The molecule has 0 fully saturated rings. The van der Waals surface area contributed by atoms with Crippen molar-refractivity contribution in [1.82, 2.24) is 9.97 Å². The maximum atomic E-state index is 5.57. The number of rotatable bonds is 2. The number of hydrogen-bond donors (Lipinski definition) is 1. The van der Waals surface area contributed by atoms with E-state index in [4.69, 9.17) is 12.2 Å². The summed E-state index contributed by atoms with van der Waals surface area (Å²) in [5.74, 6) is 3.51. The largest absolute Gasteiger partial charge is 0.381 e. The number of nitrogens with zero attached hydrogens (tertiary/aromatic N) is 3. The summed E-state index contributed by atoms with van der Waals surface area (Å²) < 4.78 is 0. The molecule has 4 nitrogen and oxygen atoms in total. The minimum atomic E-state index is 0.398. The maximum absolute atomic E-state index is 5.57. The van der Waals surface area contributed by atoms with E-state index >= 15 is 0 Å². The Balaban J connectivity index is 2.88. The van der Waals surface area contributed by atoms with Crippen molar-refractivity contribution in [3.8, 4) is 12.3 Å². The van der Waals surface area contributed by atoms with Crippen molar-refractivity contribution in [2.24, 2.45) is 0 Å². The van der Waals surface area contributed by atoms with Gasteiger partial charge in [-0.05, 0) is 0 Å². The fourth-order valence-electron chi connectivity index (χ4n) is 0.847. The second-order valence-electron chi connectivity index (χ2n) is 2.33. The van der Waals surface area contributed by atoms with Crippen LogP contribution in [0.25, 0.3) is 0 Å². The Labute approximate surface area is 71.4 Å². The molecule has 0 atom stereocenters. The standard InChI is InChI=1S/C8H10N4/c1-3-6-12(2)8-7(9)10-4-5-11-8/h1,4-5H,6H2,2H3,(H2,9,10). The maximum Gasteiger partial charge on any atom is 0.172 e. The predicted octanol–water partition coefficient (Wildman–Crippen LogP) is 0.128. The predicted molar refractivity (Wildman–Crippen MR) is 48.5 cm³/mol. The van der Waals surface area contributed by atoms with E-state index in [2.05, 4.69) is 15.9 Å². The van der Waals surface area contributed by atoms with Crippen molar-refractivity contribution in [3.63, 3.8) is 0 Å². The Morgan fingerprint density at radius 3 is 2.83 bits per heavy atom. The van der Waals surface area contributed by atoms with Crippen molar-refractivity contribution >= 4 is 11.6 Å². The second-order valence-corrected chi connectivity index (χ2v) is 2.33. The smallest absolute Gasteiger partial charge is 0.172 e. The molecule has 0 aromatic carbocycles. The summed E-state index contributed by atoms with van der Waals surface area (Å²) in [6.07, 6.45) is 8.26. The van der Waals surface area contributed by atoms with E-state index in [1.165, 1.54) is 0 Å². The van der Waals surface area contributed by atoms with E-state index in [1.54, 1.807) is 17.3 Å². The van der Waals surface area contributed by atoms with Crippen molar-refractivity contribution in [1.29, 1.82) is 0 Å². The van der Waals surface area contributed by atoms with Crippen LogP contribution in [0.5, 0.6) is 0 Å². The lowest BCUT2D eigenvalue weighted by Gasteiger charge is -2.15. The number of hydrogen-bond acceptors (Lipinski definition) is 4. The zero-order valence-corrected chi connectivity index (χ0v) is 6.86. The molecule has 1 aromatic rings. The normalized spacial score (nSPS) is 9.00. The van der Waals surface area contributed by atoms with E-state index in [0.717, 1.165) is 0 Å². The first-order chi connectivity index (χ1) is 5.75. The summed E-state index contributed by atoms with van der Waals surface area (Å²) in [6, 6.07) is 0. The highest BCUT2D eigenvalue weighted by Gasteiger charge is 2.04. The lowest BCUT2D eigenvalue weighted by atomic mass is 10.5. The quantitative estimate of drug-likeness (QED) is 0.628. The average Bonchev–Trinajstić information content (AvgIpc) is 2.05. The van der Waals surface area contributed by atoms with Gasteiger partial charge in [0.2, 0.25) is 0 Å². The lowest BCUT2D eigenvalue weighted by Crippen LogP contribution is -2.20. The first kappa shape index (κ1) is 8.34. The Kier molecular flexibility index (Phi) is 2.49. The lowest BCUT2D eigenvalue weighted by molar-refractivity contribution is 0.994. The first-order valence-electron chi connectivity index (χ1n) is 3.46. The minimum absolute atomic E-state index is 0.398. The fraction of sp³-hybridized carbons (Fsp3) is 0.250. The van der Waals surface area contributed by atoms with Gasteiger partial charge in [-0.1, -0.05) is 5.92 Å². The molecule has 0 amide bonds. The molecule has 1 heterocycles.